The highest BCUT2D eigenvalue weighted by Crippen LogP contribution is 2.21. The summed E-state index contributed by atoms with van der Waals surface area (Å²) in [5.41, 5.74) is 1.29. The lowest BCUT2D eigenvalue weighted by Gasteiger charge is -2.08. The summed E-state index contributed by atoms with van der Waals surface area (Å²) < 4.78 is 13.3. The molecule has 2 aromatic carbocycles. The molecule has 0 aliphatic carbocycles. The second kappa shape index (κ2) is 5.85. The standard InChI is InChI=1S/C14H13ClFNO/c15-12-5-6-14(18)11(7-12)9-17-8-10-3-1-2-4-13(10)16/h1-7,17-18H,8-9H2. The molecular weight excluding hydrogens is 253 g/mol. The Morgan fingerprint density at radius 3 is 2.56 bits per heavy atom. The fourth-order valence-electron chi connectivity index (χ4n) is 1.67. The number of hydrogen-bond donors (Lipinski definition) is 2. The van der Waals surface area contributed by atoms with Crippen molar-refractivity contribution in [3.63, 3.8) is 0 Å². The van der Waals surface area contributed by atoms with Gasteiger partial charge in [0.2, 0.25) is 0 Å². The lowest BCUT2D eigenvalue weighted by Crippen LogP contribution is -2.13. The second-order valence-electron chi connectivity index (χ2n) is 3.97. The van der Waals surface area contributed by atoms with Crippen LogP contribution in [0.4, 0.5) is 4.39 Å². The topological polar surface area (TPSA) is 32.3 Å². The molecule has 2 rings (SSSR count). The summed E-state index contributed by atoms with van der Waals surface area (Å²) in [6.45, 7) is 0.833. The van der Waals surface area contributed by atoms with Crippen LogP contribution in [-0.2, 0) is 13.1 Å². The van der Waals surface area contributed by atoms with Gasteiger partial charge in [0.05, 0.1) is 0 Å². The van der Waals surface area contributed by atoms with E-state index in [1.54, 1.807) is 36.4 Å². The van der Waals surface area contributed by atoms with Gasteiger partial charge >= 0.3 is 0 Å². The third kappa shape index (κ3) is 3.22. The van der Waals surface area contributed by atoms with Crippen molar-refractivity contribution in [2.24, 2.45) is 0 Å². The molecule has 4 heteroatoms. The van der Waals surface area contributed by atoms with Crippen molar-refractivity contribution < 1.29 is 9.50 Å². The van der Waals surface area contributed by atoms with Crippen LogP contribution in [0.25, 0.3) is 0 Å². The minimum absolute atomic E-state index is 0.181. The third-order valence-corrected chi connectivity index (χ3v) is 2.87. The molecule has 0 fully saturated rings. The molecule has 94 valence electrons. The molecule has 2 aromatic rings. The quantitative estimate of drug-likeness (QED) is 0.887. The Morgan fingerprint density at radius 1 is 1.06 bits per heavy atom. The Morgan fingerprint density at radius 2 is 1.78 bits per heavy atom. The van der Waals surface area contributed by atoms with Crippen LogP contribution in [0.5, 0.6) is 5.75 Å². The lowest BCUT2D eigenvalue weighted by molar-refractivity contribution is 0.464. The number of aromatic hydroxyl groups is 1. The summed E-state index contributed by atoms with van der Waals surface area (Å²) in [7, 11) is 0. The Hall–Kier alpha value is -1.58. The van der Waals surface area contributed by atoms with Crippen molar-refractivity contribution in [1.82, 2.24) is 5.32 Å². The molecule has 0 saturated carbocycles. The summed E-state index contributed by atoms with van der Waals surface area (Å²) in [6, 6.07) is 11.4. The maximum Gasteiger partial charge on any atom is 0.127 e. The molecule has 0 spiro atoms. The second-order valence-corrected chi connectivity index (χ2v) is 4.40. The number of halogens is 2. The molecule has 0 saturated heterocycles. The Kier molecular flexibility index (Phi) is 4.18. The van der Waals surface area contributed by atoms with Crippen LogP contribution < -0.4 is 5.32 Å². The highest BCUT2D eigenvalue weighted by Gasteiger charge is 2.03. The normalized spacial score (nSPS) is 10.6. The maximum absolute atomic E-state index is 13.3. The van der Waals surface area contributed by atoms with Gasteiger partial charge in [-0.15, -0.1) is 0 Å². The van der Waals surface area contributed by atoms with E-state index in [-0.39, 0.29) is 11.6 Å². The number of rotatable bonds is 4. The number of phenolic OH excluding ortho intramolecular Hbond substituents is 1. The molecule has 0 aliphatic heterocycles. The molecule has 0 aliphatic rings. The average molecular weight is 266 g/mol. The molecule has 0 unspecified atom stereocenters. The molecule has 0 aromatic heterocycles. The van der Waals surface area contributed by atoms with Crippen LogP contribution in [0.3, 0.4) is 0 Å². The zero-order valence-electron chi connectivity index (χ0n) is 9.66. The van der Waals surface area contributed by atoms with Crippen LogP contribution in [0.1, 0.15) is 11.1 Å². The Bertz CT molecular complexity index is 545. The zero-order valence-corrected chi connectivity index (χ0v) is 10.4. The molecule has 18 heavy (non-hydrogen) atoms. The molecule has 0 heterocycles. The van der Waals surface area contributed by atoms with Gasteiger partial charge in [0, 0.05) is 29.2 Å². The van der Waals surface area contributed by atoms with Gasteiger partial charge in [0.25, 0.3) is 0 Å². The van der Waals surface area contributed by atoms with Crippen LogP contribution in [-0.4, -0.2) is 5.11 Å². The Balaban J connectivity index is 1.96. The van der Waals surface area contributed by atoms with E-state index in [0.29, 0.717) is 29.2 Å². The molecule has 2 nitrogen and oxygen atoms in total. The first-order valence-corrected chi connectivity index (χ1v) is 5.96. The number of benzene rings is 2. The van der Waals surface area contributed by atoms with Crippen molar-refractivity contribution in [2.45, 2.75) is 13.1 Å². The van der Waals surface area contributed by atoms with Crippen LogP contribution in [0, 0.1) is 5.82 Å². The summed E-state index contributed by atoms with van der Waals surface area (Å²) in [6.07, 6.45) is 0. The van der Waals surface area contributed by atoms with Crippen molar-refractivity contribution in [3.05, 3.63) is 64.4 Å². The van der Waals surface area contributed by atoms with E-state index in [2.05, 4.69) is 5.32 Å². The van der Waals surface area contributed by atoms with Crippen LogP contribution >= 0.6 is 11.6 Å². The minimum Gasteiger partial charge on any atom is -0.508 e. The van der Waals surface area contributed by atoms with Gasteiger partial charge in [-0.3, -0.25) is 0 Å². The first-order valence-electron chi connectivity index (χ1n) is 5.58. The van der Waals surface area contributed by atoms with Gasteiger partial charge in [0.15, 0.2) is 0 Å². The van der Waals surface area contributed by atoms with Crippen molar-refractivity contribution in [1.29, 1.82) is 0 Å². The summed E-state index contributed by atoms with van der Waals surface area (Å²) >= 11 is 5.84. The van der Waals surface area contributed by atoms with Gasteiger partial charge in [-0.2, -0.15) is 0 Å². The Labute approximate surface area is 110 Å². The van der Waals surface area contributed by atoms with E-state index >= 15 is 0 Å². The van der Waals surface area contributed by atoms with Gasteiger partial charge < -0.3 is 10.4 Å². The monoisotopic (exact) mass is 265 g/mol. The number of nitrogens with one attached hydrogen (secondary N) is 1. The average Bonchev–Trinajstić information content (AvgIpc) is 2.36. The maximum atomic E-state index is 13.3. The molecule has 0 radical (unpaired) electrons. The molecule has 0 atom stereocenters. The van der Waals surface area contributed by atoms with E-state index in [9.17, 15) is 9.50 Å². The number of phenols is 1. The fraction of sp³-hybridized carbons (Fsp3) is 0.143. The minimum atomic E-state index is -0.236. The van der Waals surface area contributed by atoms with E-state index in [4.69, 9.17) is 11.6 Å². The van der Waals surface area contributed by atoms with E-state index in [1.165, 1.54) is 6.07 Å². The first kappa shape index (κ1) is 12.9. The van der Waals surface area contributed by atoms with E-state index in [0.717, 1.165) is 0 Å². The SMILES string of the molecule is Oc1ccc(Cl)cc1CNCc1ccccc1F. The first-order chi connectivity index (χ1) is 8.66. The van der Waals surface area contributed by atoms with Crippen molar-refractivity contribution >= 4 is 11.6 Å². The smallest absolute Gasteiger partial charge is 0.127 e. The van der Waals surface area contributed by atoms with Gasteiger partial charge in [-0.1, -0.05) is 29.8 Å². The molecular formula is C14H13ClFNO. The predicted octanol–water partition coefficient (Wildman–Crippen LogP) is 3.47. The van der Waals surface area contributed by atoms with Gasteiger partial charge in [0.1, 0.15) is 11.6 Å². The van der Waals surface area contributed by atoms with E-state index in [1.807, 2.05) is 0 Å². The molecule has 2 N–H and O–H groups in total. The zero-order chi connectivity index (χ0) is 13.0. The van der Waals surface area contributed by atoms with Crippen molar-refractivity contribution in [2.75, 3.05) is 0 Å². The van der Waals surface area contributed by atoms with E-state index < -0.39 is 0 Å². The van der Waals surface area contributed by atoms with Crippen LogP contribution in [0.2, 0.25) is 5.02 Å². The lowest BCUT2D eigenvalue weighted by atomic mass is 10.2. The van der Waals surface area contributed by atoms with Crippen LogP contribution in [0.15, 0.2) is 42.5 Å². The fourth-order valence-corrected chi connectivity index (χ4v) is 1.86. The summed E-state index contributed by atoms with van der Waals surface area (Å²) in [5, 5.41) is 13.2. The molecule has 0 bridgehead atoms. The molecule has 0 amide bonds. The predicted molar refractivity (Wildman–Crippen MR) is 70.1 cm³/mol. The largest absolute Gasteiger partial charge is 0.508 e. The van der Waals surface area contributed by atoms with Crippen molar-refractivity contribution in [3.8, 4) is 5.75 Å². The highest BCUT2D eigenvalue weighted by atomic mass is 35.5. The summed E-state index contributed by atoms with van der Waals surface area (Å²) in [4.78, 5) is 0. The third-order valence-electron chi connectivity index (χ3n) is 2.63. The summed E-state index contributed by atoms with van der Waals surface area (Å²) in [5.74, 6) is -0.0549. The number of hydrogen-bond acceptors (Lipinski definition) is 2. The highest BCUT2D eigenvalue weighted by molar-refractivity contribution is 6.30. The van der Waals surface area contributed by atoms with Gasteiger partial charge in [-0.05, 0) is 24.3 Å². The van der Waals surface area contributed by atoms with Gasteiger partial charge in [-0.25, -0.2) is 4.39 Å².